The molecule has 1 unspecified atom stereocenters. The summed E-state index contributed by atoms with van der Waals surface area (Å²) in [5.74, 6) is -0.0542. The van der Waals surface area contributed by atoms with Crippen LogP contribution in [0.3, 0.4) is 0 Å². The third-order valence-electron chi connectivity index (χ3n) is 5.49. The van der Waals surface area contributed by atoms with Crippen molar-refractivity contribution >= 4 is 41.1 Å². The quantitative estimate of drug-likeness (QED) is 0.354. The lowest BCUT2D eigenvalue weighted by atomic mass is 9.84. The van der Waals surface area contributed by atoms with Crippen molar-refractivity contribution in [2.75, 3.05) is 25.5 Å². The first-order chi connectivity index (χ1) is 16.4. The van der Waals surface area contributed by atoms with E-state index in [2.05, 4.69) is 23.3 Å². The van der Waals surface area contributed by atoms with E-state index in [1.807, 2.05) is 24.3 Å². The SMILES string of the molecule is CN1Cc2c(Cl)cc(Cl)cc2C(c2cccc(NC(=O)[C@@H](N)CCCCN)c2)C1.O=CC(F)(F)F. The predicted octanol–water partition coefficient (Wildman–Crippen LogP) is 4.71. The second kappa shape index (κ2) is 13.2. The summed E-state index contributed by atoms with van der Waals surface area (Å²) in [7, 11) is 2.08. The molecule has 0 radical (unpaired) electrons. The molecular formula is C24H29Cl2F3N4O2. The van der Waals surface area contributed by atoms with Crippen molar-refractivity contribution in [3.05, 3.63) is 63.1 Å². The molecule has 5 N–H and O–H groups in total. The molecule has 0 bridgehead atoms. The lowest BCUT2D eigenvalue weighted by molar-refractivity contribution is -0.156. The Labute approximate surface area is 212 Å². The van der Waals surface area contributed by atoms with Crippen molar-refractivity contribution in [2.24, 2.45) is 11.5 Å². The van der Waals surface area contributed by atoms with Gasteiger partial charge in [-0.05, 0) is 67.4 Å². The molecule has 3 rings (SSSR count). The number of likely N-dealkylation sites (N-methyl/N-ethyl adjacent to an activating group) is 1. The van der Waals surface area contributed by atoms with Gasteiger partial charge in [0, 0.05) is 34.7 Å². The molecule has 1 aliphatic heterocycles. The summed E-state index contributed by atoms with van der Waals surface area (Å²) < 4.78 is 31.2. The number of alkyl halides is 3. The molecule has 0 spiro atoms. The van der Waals surface area contributed by atoms with Gasteiger partial charge in [0.05, 0.1) is 6.04 Å². The molecule has 0 saturated heterocycles. The molecule has 0 aromatic heterocycles. The minimum Gasteiger partial charge on any atom is -0.330 e. The second-order valence-electron chi connectivity index (χ2n) is 8.37. The van der Waals surface area contributed by atoms with E-state index in [1.54, 1.807) is 6.07 Å². The molecule has 1 amide bonds. The largest absolute Gasteiger partial charge is 0.446 e. The van der Waals surface area contributed by atoms with Crippen molar-refractivity contribution < 1.29 is 22.8 Å². The Balaban J connectivity index is 0.000000641. The zero-order valence-electron chi connectivity index (χ0n) is 19.2. The first-order valence-corrected chi connectivity index (χ1v) is 11.8. The second-order valence-corrected chi connectivity index (χ2v) is 9.21. The van der Waals surface area contributed by atoms with Crippen molar-refractivity contribution in [3.63, 3.8) is 0 Å². The molecule has 2 aromatic carbocycles. The number of carbonyl (C=O) groups excluding carboxylic acids is 2. The molecule has 35 heavy (non-hydrogen) atoms. The van der Waals surface area contributed by atoms with Crippen molar-refractivity contribution in [1.29, 1.82) is 0 Å². The number of hydrogen-bond donors (Lipinski definition) is 3. The molecule has 1 heterocycles. The van der Waals surface area contributed by atoms with Crippen molar-refractivity contribution in [1.82, 2.24) is 4.90 Å². The van der Waals surface area contributed by atoms with Crippen LogP contribution in [-0.4, -0.2) is 49.4 Å². The molecule has 0 fully saturated rings. The van der Waals surface area contributed by atoms with E-state index in [0.29, 0.717) is 23.0 Å². The van der Waals surface area contributed by atoms with Crippen LogP contribution in [0.2, 0.25) is 10.0 Å². The maximum absolute atomic E-state index is 12.4. The van der Waals surface area contributed by atoms with Crippen LogP contribution in [0.1, 0.15) is 41.9 Å². The van der Waals surface area contributed by atoms with Crippen LogP contribution in [0.5, 0.6) is 0 Å². The number of amides is 1. The molecule has 2 atom stereocenters. The summed E-state index contributed by atoms with van der Waals surface area (Å²) in [6.07, 6.45) is -3.36. The minimum absolute atomic E-state index is 0.120. The highest BCUT2D eigenvalue weighted by Crippen LogP contribution is 2.38. The van der Waals surface area contributed by atoms with Gasteiger partial charge >= 0.3 is 6.18 Å². The van der Waals surface area contributed by atoms with E-state index in [-0.39, 0.29) is 11.8 Å². The number of nitrogens with two attached hydrogens (primary N) is 2. The molecule has 0 aliphatic carbocycles. The van der Waals surface area contributed by atoms with Gasteiger partial charge in [-0.3, -0.25) is 9.59 Å². The molecule has 1 aliphatic rings. The van der Waals surface area contributed by atoms with Crippen LogP contribution in [0, 0.1) is 0 Å². The average Bonchev–Trinajstić information content (AvgIpc) is 2.79. The van der Waals surface area contributed by atoms with Crippen molar-refractivity contribution in [2.45, 2.75) is 43.9 Å². The van der Waals surface area contributed by atoms with Gasteiger partial charge in [-0.2, -0.15) is 13.2 Å². The number of halogens is 5. The van der Waals surface area contributed by atoms with Gasteiger partial charge in [-0.25, -0.2) is 0 Å². The predicted molar refractivity (Wildman–Crippen MR) is 133 cm³/mol. The van der Waals surface area contributed by atoms with Crippen LogP contribution >= 0.6 is 23.2 Å². The fourth-order valence-corrected chi connectivity index (χ4v) is 4.41. The van der Waals surface area contributed by atoms with E-state index in [1.165, 1.54) is 0 Å². The van der Waals surface area contributed by atoms with E-state index < -0.39 is 18.5 Å². The zero-order chi connectivity index (χ0) is 26.2. The Morgan fingerprint density at radius 3 is 2.57 bits per heavy atom. The number of rotatable bonds is 7. The molecule has 0 saturated carbocycles. The number of benzene rings is 2. The summed E-state index contributed by atoms with van der Waals surface area (Å²) in [6.45, 7) is 2.25. The summed E-state index contributed by atoms with van der Waals surface area (Å²) in [5, 5.41) is 4.27. The first kappa shape index (κ1) is 29.1. The van der Waals surface area contributed by atoms with Gasteiger partial charge in [-0.15, -0.1) is 0 Å². The average molecular weight is 533 g/mol. The van der Waals surface area contributed by atoms with E-state index in [4.69, 9.17) is 39.5 Å². The number of aldehydes is 1. The van der Waals surface area contributed by atoms with Gasteiger partial charge in [0.2, 0.25) is 12.2 Å². The minimum atomic E-state index is -4.64. The van der Waals surface area contributed by atoms with Gasteiger partial charge in [0.25, 0.3) is 0 Å². The number of anilines is 1. The Hall–Kier alpha value is -2.17. The Morgan fingerprint density at radius 1 is 1.26 bits per heavy atom. The smallest absolute Gasteiger partial charge is 0.330 e. The highest BCUT2D eigenvalue weighted by atomic mass is 35.5. The molecule has 11 heteroatoms. The van der Waals surface area contributed by atoms with E-state index in [9.17, 15) is 18.0 Å². The highest BCUT2D eigenvalue weighted by Gasteiger charge is 2.27. The first-order valence-electron chi connectivity index (χ1n) is 11.0. The Bertz CT molecular complexity index is 1020. The highest BCUT2D eigenvalue weighted by molar-refractivity contribution is 6.35. The maximum Gasteiger partial charge on any atom is 0.446 e. The van der Waals surface area contributed by atoms with E-state index >= 15 is 0 Å². The number of nitrogens with one attached hydrogen (secondary N) is 1. The number of hydrogen-bond acceptors (Lipinski definition) is 5. The topological polar surface area (TPSA) is 101 Å². The molecule has 6 nitrogen and oxygen atoms in total. The van der Waals surface area contributed by atoms with Gasteiger partial charge in [0.1, 0.15) is 0 Å². The number of nitrogens with zero attached hydrogens (tertiary/aromatic N) is 1. The number of unbranched alkanes of at least 4 members (excludes halogenated alkanes) is 1. The summed E-state index contributed by atoms with van der Waals surface area (Å²) in [5.41, 5.74) is 15.6. The maximum atomic E-state index is 12.4. The van der Waals surface area contributed by atoms with Gasteiger partial charge < -0.3 is 21.7 Å². The third kappa shape index (κ3) is 9.09. The monoisotopic (exact) mass is 532 g/mol. The van der Waals surface area contributed by atoms with Gasteiger partial charge in [0.15, 0.2) is 0 Å². The van der Waals surface area contributed by atoms with Crippen molar-refractivity contribution in [3.8, 4) is 0 Å². The molecular weight excluding hydrogens is 504 g/mol. The Kier molecular flexibility index (Phi) is 11.0. The summed E-state index contributed by atoms with van der Waals surface area (Å²) in [4.78, 5) is 23.4. The van der Waals surface area contributed by atoms with E-state index in [0.717, 1.165) is 48.3 Å². The fourth-order valence-electron chi connectivity index (χ4n) is 3.84. The Morgan fingerprint density at radius 2 is 1.94 bits per heavy atom. The van der Waals surface area contributed by atoms with Crippen LogP contribution in [0.25, 0.3) is 0 Å². The van der Waals surface area contributed by atoms with Gasteiger partial charge in [-0.1, -0.05) is 41.8 Å². The zero-order valence-corrected chi connectivity index (χ0v) is 20.8. The normalized spacial score (nSPS) is 16.5. The molecule has 192 valence electrons. The van der Waals surface area contributed by atoms with Crippen LogP contribution in [-0.2, 0) is 16.1 Å². The third-order valence-corrected chi connectivity index (χ3v) is 6.04. The lowest BCUT2D eigenvalue weighted by Crippen LogP contribution is -2.35. The number of fused-ring (bicyclic) bond motifs is 1. The summed E-state index contributed by atoms with van der Waals surface area (Å²) in [6, 6.07) is 11.2. The van der Waals surface area contributed by atoms with Crippen LogP contribution in [0.4, 0.5) is 18.9 Å². The lowest BCUT2D eigenvalue weighted by Gasteiger charge is -2.33. The fraction of sp³-hybridized carbons (Fsp3) is 0.417. The van der Waals surface area contributed by atoms with Crippen LogP contribution < -0.4 is 16.8 Å². The molecule has 2 aromatic rings. The summed E-state index contributed by atoms with van der Waals surface area (Å²) >= 11 is 12.7. The van der Waals surface area contributed by atoms with Crippen LogP contribution in [0.15, 0.2) is 36.4 Å². The number of carbonyl (C=O) groups is 2. The standard InChI is InChI=1S/C22H28Cl2N4O.C2HF3O/c1-28-12-18(17-10-15(23)11-20(24)19(17)13-28)14-5-4-6-16(9-14)27-22(29)21(26)7-2-3-8-25;3-2(4,5)1-6/h4-6,9-11,18,21H,2-3,7-8,12-13,25-26H2,1H3,(H,27,29);1H/t18?,21-;/m0./s1.